The number of nitrogens with zero attached hydrogens (tertiary/aromatic N) is 3. The van der Waals surface area contributed by atoms with Crippen molar-refractivity contribution in [2.75, 3.05) is 56.3 Å². The van der Waals surface area contributed by atoms with Gasteiger partial charge in [-0.1, -0.05) is 12.0 Å². The first-order valence-electron chi connectivity index (χ1n) is 16.3. The van der Waals surface area contributed by atoms with E-state index < -0.39 is 22.6 Å². The number of benzene rings is 2. The number of piperidine rings is 1. The van der Waals surface area contributed by atoms with Gasteiger partial charge in [-0.05, 0) is 87.9 Å². The number of nitriles is 1. The molecule has 2 N–H and O–H groups in total. The Morgan fingerprint density at radius 2 is 1.81 bits per heavy atom. The summed E-state index contributed by atoms with van der Waals surface area (Å²) >= 11 is 0. The predicted molar refractivity (Wildman–Crippen MR) is 178 cm³/mol. The normalized spacial score (nSPS) is 21.1. The average Bonchev–Trinajstić information content (AvgIpc) is 3.38. The lowest BCUT2D eigenvalue weighted by Crippen LogP contribution is -2.53. The van der Waals surface area contributed by atoms with Gasteiger partial charge in [-0.15, -0.1) is 0 Å². The topological polar surface area (TPSA) is 109 Å². The van der Waals surface area contributed by atoms with Gasteiger partial charge >= 0.3 is 6.18 Å². The lowest BCUT2D eigenvalue weighted by molar-refractivity contribution is -0.143. The summed E-state index contributed by atoms with van der Waals surface area (Å²) in [5.41, 5.74) is 2.31. The summed E-state index contributed by atoms with van der Waals surface area (Å²) in [5, 5.41) is 16.3. The van der Waals surface area contributed by atoms with Gasteiger partial charge in [0.1, 0.15) is 18.4 Å². The molecule has 3 heterocycles. The minimum atomic E-state index is -4.45. The number of nitrogens with one attached hydrogen (secondary N) is 2. The third kappa shape index (κ3) is 7.86. The number of halogens is 3. The van der Waals surface area contributed by atoms with Gasteiger partial charge in [0.15, 0.2) is 16.4 Å². The quantitative estimate of drug-likeness (QED) is 0.272. The zero-order chi connectivity index (χ0) is 33.9. The second kappa shape index (κ2) is 13.9. The van der Waals surface area contributed by atoms with Gasteiger partial charge in [0.25, 0.3) is 0 Å². The van der Waals surface area contributed by atoms with Crippen LogP contribution < -0.4 is 15.4 Å². The smallest absolute Gasteiger partial charge is 0.406 e. The predicted octanol–water partition coefficient (Wildman–Crippen LogP) is 5.81. The maximum atomic E-state index is 13.7. The fourth-order valence-electron chi connectivity index (χ4n) is 7.09. The van der Waals surface area contributed by atoms with Crippen molar-refractivity contribution in [3.05, 3.63) is 48.2 Å². The summed E-state index contributed by atoms with van der Waals surface area (Å²) in [6.07, 6.45) is 3.22. The van der Waals surface area contributed by atoms with E-state index in [1.165, 1.54) is 35.6 Å². The van der Waals surface area contributed by atoms with Crippen molar-refractivity contribution in [1.29, 1.82) is 5.26 Å². The Kier molecular flexibility index (Phi) is 9.84. The molecule has 256 valence electrons. The number of hydrogen-bond donors (Lipinski definition) is 2. The third-order valence-electron chi connectivity index (χ3n) is 9.79. The van der Waals surface area contributed by atoms with Crippen LogP contribution in [-0.2, 0) is 21.1 Å². The summed E-state index contributed by atoms with van der Waals surface area (Å²) in [5.74, 6) is 5.95. The first kappa shape index (κ1) is 34.0. The lowest BCUT2D eigenvalue weighted by Gasteiger charge is -2.49. The summed E-state index contributed by atoms with van der Waals surface area (Å²) in [7, 11) is -3.51. The molecule has 6 rings (SSSR count). The van der Waals surface area contributed by atoms with Crippen LogP contribution in [0.15, 0.2) is 47.4 Å². The van der Waals surface area contributed by atoms with Gasteiger partial charge in [-0.25, -0.2) is 8.42 Å². The fraction of sp³-hybridized carbons (Fsp3) is 0.514. The molecule has 2 saturated heterocycles. The molecule has 9 nitrogen and oxygen atoms in total. The van der Waals surface area contributed by atoms with E-state index in [1.54, 1.807) is 18.2 Å². The van der Waals surface area contributed by atoms with Crippen LogP contribution in [-0.4, -0.2) is 81.9 Å². The molecule has 13 heteroatoms. The number of aromatic nitrogens is 1. The highest BCUT2D eigenvalue weighted by atomic mass is 32.2. The Morgan fingerprint density at radius 3 is 2.46 bits per heavy atom. The summed E-state index contributed by atoms with van der Waals surface area (Å²) in [6, 6.07) is 14.0. The molecule has 2 aromatic carbocycles. The van der Waals surface area contributed by atoms with E-state index in [0.29, 0.717) is 28.0 Å². The Morgan fingerprint density at radius 1 is 1.06 bits per heavy atom. The number of hydrogen-bond acceptors (Lipinski definition) is 8. The van der Waals surface area contributed by atoms with Crippen molar-refractivity contribution in [1.82, 2.24) is 9.47 Å². The molecule has 48 heavy (non-hydrogen) atoms. The fourth-order valence-corrected chi connectivity index (χ4v) is 7.73. The lowest BCUT2D eigenvalue weighted by atomic mass is 9.76. The first-order valence-corrected chi connectivity index (χ1v) is 18.2. The van der Waals surface area contributed by atoms with Crippen LogP contribution in [0.5, 0.6) is 5.75 Å². The monoisotopic (exact) mass is 683 g/mol. The second-order valence-electron chi connectivity index (χ2n) is 13.2. The number of likely N-dealkylation sites (tertiary alicyclic amines) is 1. The van der Waals surface area contributed by atoms with Crippen molar-refractivity contribution in [2.45, 2.75) is 68.2 Å². The second-order valence-corrected chi connectivity index (χ2v) is 15.2. The van der Waals surface area contributed by atoms with E-state index in [2.05, 4.69) is 27.4 Å². The number of ether oxygens (including phenoxy) is 2. The Balaban J connectivity index is 1.15. The highest BCUT2D eigenvalue weighted by Gasteiger charge is 2.42. The zero-order valence-corrected chi connectivity index (χ0v) is 27.7. The molecule has 1 spiro atoms. The Labute approximate surface area is 279 Å². The van der Waals surface area contributed by atoms with Crippen molar-refractivity contribution in [3.8, 4) is 23.7 Å². The highest BCUT2D eigenvalue weighted by Crippen LogP contribution is 2.40. The van der Waals surface area contributed by atoms with Gasteiger partial charge in [-0.3, -0.25) is 0 Å². The molecule has 1 aromatic heterocycles. The van der Waals surface area contributed by atoms with Crippen LogP contribution in [0, 0.1) is 28.6 Å². The van der Waals surface area contributed by atoms with Crippen LogP contribution >= 0.6 is 0 Å². The zero-order valence-electron chi connectivity index (χ0n) is 26.9. The molecule has 3 fully saturated rings. The Hall–Kier alpha value is -3.91. The van der Waals surface area contributed by atoms with E-state index in [-0.39, 0.29) is 35.5 Å². The molecular weight excluding hydrogens is 643 g/mol. The number of rotatable bonds is 9. The van der Waals surface area contributed by atoms with Crippen molar-refractivity contribution in [3.63, 3.8) is 0 Å². The number of alkyl halides is 3. The molecule has 0 atom stereocenters. The van der Waals surface area contributed by atoms with Gasteiger partial charge < -0.3 is 29.6 Å². The van der Waals surface area contributed by atoms with Gasteiger partial charge in [0.05, 0.1) is 41.6 Å². The van der Waals surface area contributed by atoms with Gasteiger partial charge in [0.2, 0.25) is 0 Å². The SMILES string of the molecule is CS(=O)(=O)c1ccc(NCC#Cc2cc3c(N[C@H]4CC[C@@H](N5CCC6(CC5)COC6)CC4)cccc3n2CC(F)(F)F)c(OCC#N)c1. The van der Waals surface area contributed by atoms with Crippen LogP contribution in [0.1, 0.15) is 44.2 Å². The van der Waals surface area contributed by atoms with Gasteiger partial charge in [0, 0.05) is 40.9 Å². The molecule has 0 unspecified atom stereocenters. The summed E-state index contributed by atoms with van der Waals surface area (Å²) in [6.45, 7) is 2.63. The maximum Gasteiger partial charge on any atom is 0.406 e. The maximum absolute atomic E-state index is 13.7. The molecule has 2 aliphatic heterocycles. The van der Waals surface area contributed by atoms with Crippen LogP contribution in [0.4, 0.5) is 24.5 Å². The standard InChI is InChI=1S/C35H40F3N5O4S/c1-48(44,45)28-11-12-31(33(21-28)47-19-15-39)40-16-3-4-27-20-29-30(5-2-6-32(29)43(27)22-35(36,37)38)41-25-7-9-26(10-8-25)42-17-13-34(14-18-42)23-46-24-34/h2,5-6,11-12,20-21,25-26,40-41H,7-10,13-14,16-19,22-24H2,1H3/t25-,26+. The molecule has 0 bridgehead atoms. The summed E-state index contributed by atoms with van der Waals surface area (Å²) in [4.78, 5) is 2.67. The van der Waals surface area contributed by atoms with Gasteiger partial charge in [-0.2, -0.15) is 18.4 Å². The average molecular weight is 684 g/mol. The van der Waals surface area contributed by atoms with E-state index in [9.17, 15) is 21.6 Å². The molecule has 1 saturated carbocycles. The van der Waals surface area contributed by atoms with E-state index in [4.69, 9.17) is 14.7 Å². The molecule has 3 aromatic rings. The molecule has 0 amide bonds. The van der Waals surface area contributed by atoms with E-state index >= 15 is 0 Å². The Bertz CT molecular complexity index is 1840. The van der Waals surface area contributed by atoms with Crippen LogP contribution in [0.3, 0.4) is 0 Å². The highest BCUT2D eigenvalue weighted by molar-refractivity contribution is 7.90. The minimum Gasteiger partial charge on any atom is -0.477 e. The largest absolute Gasteiger partial charge is 0.477 e. The van der Waals surface area contributed by atoms with E-state index in [1.807, 2.05) is 12.1 Å². The summed E-state index contributed by atoms with van der Waals surface area (Å²) < 4.78 is 77.2. The molecular formula is C35H40F3N5O4S. The first-order chi connectivity index (χ1) is 22.9. The molecule has 1 aliphatic carbocycles. The van der Waals surface area contributed by atoms with Crippen LogP contribution in [0.25, 0.3) is 10.9 Å². The van der Waals surface area contributed by atoms with Crippen molar-refractivity contribution >= 4 is 32.1 Å². The third-order valence-corrected chi connectivity index (χ3v) is 10.9. The number of sulfone groups is 1. The number of anilines is 2. The number of fused-ring (bicyclic) bond motifs is 1. The minimum absolute atomic E-state index is 0.0285. The van der Waals surface area contributed by atoms with Crippen molar-refractivity contribution < 1.29 is 31.1 Å². The molecule has 3 aliphatic rings. The van der Waals surface area contributed by atoms with Crippen molar-refractivity contribution in [2.24, 2.45) is 5.41 Å². The molecule has 0 radical (unpaired) electrons. The van der Waals surface area contributed by atoms with Crippen LogP contribution in [0.2, 0.25) is 0 Å². The van der Waals surface area contributed by atoms with E-state index in [0.717, 1.165) is 63.9 Å².